The molecule has 0 amide bonds. The Morgan fingerprint density at radius 1 is 0.932 bits per heavy atom. The van der Waals surface area contributed by atoms with E-state index in [1.807, 2.05) is 24.3 Å². The predicted molar refractivity (Wildman–Crippen MR) is 173 cm³/mol. The largest absolute Gasteiger partial charge is 0.496 e. The first-order chi connectivity index (χ1) is 21.0. The Hall–Kier alpha value is -5.20. The minimum atomic E-state index is -1.03. The Morgan fingerprint density at radius 2 is 1.59 bits per heavy atom. The lowest BCUT2D eigenvalue weighted by atomic mass is 10.0. The molecule has 8 N–H and O–H groups in total. The van der Waals surface area contributed by atoms with Crippen LogP contribution in [0, 0.1) is 0 Å². The number of allylic oxidation sites excluding steroid dienone is 1. The summed E-state index contributed by atoms with van der Waals surface area (Å²) < 4.78 is 12.3. The summed E-state index contributed by atoms with van der Waals surface area (Å²) in [6.07, 6.45) is 4.11. The van der Waals surface area contributed by atoms with E-state index >= 15 is 0 Å². The van der Waals surface area contributed by atoms with E-state index in [2.05, 4.69) is 23.2 Å². The molecule has 0 aliphatic rings. The van der Waals surface area contributed by atoms with Crippen molar-refractivity contribution in [1.82, 2.24) is 0 Å². The van der Waals surface area contributed by atoms with Crippen LogP contribution in [0.4, 0.5) is 0 Å². The van der Waals surface area contributed by atoms with Crippen LogP contribution in [-0.4, -0.2) is 60.7 Å². The van der Waals surface area contributed by atoms with E-state index < -0.39 is 18.0 Å². The fourth-order valence-electron chi connectivity index (χ4n) is 4.04. The molecule has 3 aromatic carbocycles. The zero-order valence-electron chi connectivity index (χ0n) is 24.2. The fraction of sp³-hybridized carbons (Fsp3) is 0.188. The van der Waals surface area contributed by atoms with Crippen LogP contribution in [0.2, 0.25) is 0 Å². The minimum absolute atomic E-state index is 0.0129. The molecule has 1 atom stereocenters. The third-order valence-electron chi connectivity index (χ3n) is 6.36. The molecule has 0 unspecified atom stereocenters. The van der Waals surface area contributed by atoms with Crippen molar-refractivity contribution in [3.05, 3.63) is 89.5 Å². The lowest BCUT2D eigenvalue weighted by Gasteiger charge is -2.12. The van der Waals surface area contributed by atoms with Gasteiger partial charge in [0.05, 0.1) is 19.8 Å². The molecule has 11 nitrogen and oxygen atoms in total. The SMILES string of the molecule is COc1cc(OC)c(-c2cc3ccccc3s2)cc1/C=C\C(=O)c1ccc(C(=O)O)cc1.NC(N)=NCCC[C@H](N)C(=O)O. The summed E-state index contributed by atoms with van der Waals surface area (Å²) in [6, 6.07) is 19.1. The number of methoxy groups -OCH3 is 2. The lowest BCUT2D eigenvalue weighted by Crippen LogP contribution is -2.30. The number of aliphatic carboxylic acids is 1. The van der Waals surface area contributed by atoms with Gasteiger partial charge in [-0.2, -0.15) is 0 Å². The first-order valence-electron chi connectivity index (χ1n) is 13.4. The van der Waals surface area contributed by atoms with Crippen LogP contribution in [0.5, 0.6) is 11.5 Å². The molecule has 0 radical (unpaired) electrons. The van der Waals surface area contributed by atoms with E-state index in [0.29, 0.717) is 36.4 Å². The number of carboxylic acid groups (broad SMARTS) is 2. The summed E-state index contributed by atoms with van der Waals surface area (Å²) in [5.41, 5.74) is 17.5. The molecule has 4 aromatic rings. The minimum Gasteiger partial charge on any atom is -0.496 e. The highest BCUT2D eigenvalue weighted by molar-refractivity contribution is 7.22. The number of carbonyl (C=O) groups is 3. The van der Waals surface area contributed by atoms with Gasteiger partial charge in [0.25, 0.3) is 0 Å². The highest BCUT2D eigenvalue weighted by Crippen LogP contribution is 2.41. The van der Waals surface area contributed by atoms with Crippen molar-refractivity contribution in [2.75, 3.05) is 20.8 Å². The number of hydrogen-bond donors (Lipinski definition) is 5. The number of ether oxygens (including phenoxy) is 2. The van der Waals surface area contributed by atoms with Crippen LogP contribution < -0.4 is 26.7 Å². The van der Waals surface area contributed by atoms with Crippen LogP contribution in [0.25, 0.3) is 26.6 Å². The molecule has 0 saturated heterocycles. The van der Waals surface area contributed by atoms with Crippen LogP contribution in [0.1, 0.15) is 39.1 Å². The molecular weight excluding hydrogens is 584 g/mol. The van der Waals surface area contributed by atoms with E-state index in [1.54, 1.807) is 31.6 Å². The molecule has 12 heteroatoms. The normalized spacial score (nSPS) is 11.3. The van der Waals surface area contributed by atoms with Crippen molar-refractivity contribution in [3.63, 3.8) is 0 Å². The highest BCUT2D eigenvalue weighted by Gasteiger charge is 2.15. The van der Waals surface area contributed by atoms with Gasteiger partial charge in [0.15, 0.2) is 11.7 Å². The molecule has 0 aliphatic carbocycles. The Labute approximate surface area is 258 Å². The number of carbonyl (C=O) groups excluding carboxylic acids is 1. The van der Waals surface area contributed by atoms with Crippen LogP contribution in [-0.2, 0) is 4.79 Å². The van der Waals surface area contributed by atoms with Gasteiger partial charge in [-0.15, -0.1) is 11.3 Å². The van der Waals surface area contributed by atoms with Crippen molar-refractivity contribution in [1.29, 1.82) is 0 Å². The lowest BCUT2D eigenvalue weighted by molar-refractivity contribution is -0.138. The third kappa shape index (κ3) is 9.15. The van der Waals surface area contributed by atoms with Gasteiger partial charge in [-0.3, -0.25) is 14.6 Å². The van der Waals surface area contributed by atoms with Crippen molar-refractivity contribution in [2.24, 2.45) is 22.2 Å². The van der Waals surface area contributed by atoms with E-state index in [9.17, 15) is 14.4 Å². The number of ketones is 1. The summed E-state index contributed by atoms with van der Waals surface area (Å²) >= 11 is 1.67. The standard InChI is InChI=1S/C26H20O5S.C6H14N4O2/c1-30-22-15-23(31-2)20(25-14-19-5-3-4-6-24(19)32-25)13-18(22)11-12-21(27)16-7-9-17(10-8-16)26(28)29;7-4(5(11)12)2-1-3-10-6(8)9/h3-15H,1-2H3,(H,28,29);4H,1-3,7H2,(H,11,12)(H4,8,9,10)/b12-11-;/t;4-/m.0/s1. The van der Waals surface area contributed by atoms with Gasteiger partial charge in [0.2, 0.25) is 0 Å². The Morgan fingerprint density at radius 3 is 2.18 bits per heavy atom. The van der Waals surface area contributed by atoms with Gasteiger partial charge in [0.1, 0.15) is 17.5 Å². The number of rotatable bonds is 12. The molecule has 0 aliphatic heterocycles. The second-order valence-electron chi connectivity index (χ2n) is 9.42. The maximum absolute atomic E-state index is 12.6. The monoisotopic (exact) mass is 618 g/mol. The number of benzene rings is 3. The molecule has 1 heterocycles. The Bertz CT molecular complexity index is 1640. The van der Waals surface area contributed by atoms with E-state index in [4.69, 9.17) is 36.9 Å². The van der Waals surface area contributed by atoms with Gasteiger partial charge < -0.3 is 36.9 Å². The second-order valence-corrected chi connectivity index (χ2v) is 10.5. The maximum Gasteiger partial charge on any atom is 0.335 e. The maximum atomic E-state index is 12.6. The third-order valence-corrected chi connectivity index (χ3v) is 7.51. The van der Waals surface area contributed by atoms with Crippen molar-refractivity contribution < 1.29 is 34.1 Å². The predicted octanol–water partition coefficient (Wildman–Crippen LogP) is 4.63. The highest BCUT2D eigenvalue weighted by atomic mass is 32.1. The van der Waals surface area contributed by atoms with Crippen LogP contribution in [0.3, 0.4) is 0 Å². The number of thiophene rings is 1. The summed E-state index contributed by atoms with van der Waals surface area (Å²) in [5, 5.41) is 18.5. The first-order valence-corrected chi connectivity index (χ1v) is 14.2. The molecule has 0 bridgehead atoms. The average molecular weight is 619 g/mol. The molecule has 4 rings (SSSR count). The summed E-state index contributed by atoms with van der Waals surface area (Å²) in [6.45, 7) is 0.420. The average Bonchev–Trinajstić information content (AvgIpc) is 3.46. The van der Waals surface area contributed by atoms with Gasteiger partial charge in [-0.25, -0.2) is 4.79 Å². The van der Waals surface area contributed by atoms with Gasteiger partial charge >= 0.3 is 11.9 Å². The van der Waals surface area contributed by atoms with Gasteiger partial charge in [-0.05, 0) is 60.7 Å². The number of nitrogens with zero attached hydrogens (tertiary/aromatic N) is 1. The zero-order valence-corrected chi connectivity index (χ0v) is 25.0. The van der Waals surface area contributed by atoms with E-state index in [0.717, 1.165) is 21.4 Å². The van der Waals surface area contributed by atoms with E-state index in [1.165, 1.54) is 35.0 Å². The first kappa shape index (κ1) is 33.3. The molecule has 0 fully saturated rings. The number of guanidine groups is 1. The second kappa shape index (κ2) is 15.9. The molecule has 0 saturated carbocycles. The van der Waals surface area contributed by atoms with Crippen LogP contribution >= 0.6 is 11.3 Å². The summed E-state index contributed by atoms with van der Waals surface area (Å²) in [7, 11) is 3.18. The molecule has 230 valence electrons. The molecule has 0 spiro atoms. The fourth-order valence-corrected chi connectivity index (χ4v) is 5.13. The van der Waals surface area contributed by atoms with Crippen molar-refractivity contribution in [2.45, 2.75) is 18.9 Å². The summed E-state index contributed by atoms with van der Waals surface area (Å²) in [5.74, 6) is -0.990. The number of carboxylic acids is 2. The van der Waals surface area contributed by atoms with Crippen molar-refractivity contribution in [3.8, 4) is 21.9 Å². The van der Waals surface area contributed by atoms with Gasteiger partial charge in [-0.1, -0.05) is 30.3 Å². The molecule has 44 heavy (non-hydrogen) atoms. The molecular formula is C32H34N4O7S. The van der Waals surface area contributed by atoms with Crippen molar-refractivity contribution >= 4 is 51.2 Å². The Kier molecular flexibility index (Phi) is 12.0. The smallest absolute Gasteiger partial charge is 0.335 e. The molecule has 1 aromatic heterocycles. The quantitative estimate of drug-likeness (QED) is 0.0490. The Balaban J connectivity index is 0.000000375. The number of nitrogens with two attached hydrogens (primary N) is 3. The number of fused-ring (bicyclic) bond motifs is 1. The number of aliphatic imine (C=N–C) groups is 1. The topological polar surface area (TPSA) is 201 Å². The van der Waals surface area contributed by atoms with E-state index in [-0.39, 0.29) is 17.3 Å². The number of hydrogen-bond acceptors (Lipinski definition) is 8. The number of aromatic carboxylic acids is 1. The van der Waals surface area contributed by atoms with Crippen LogP contribution in [0.15, 0.2) is 77.8 Å². The summed E-state index contributed by atoms with van der Waals surface area (Å²) in [4.78, 5) is 38.5. The van der Waals surface area contributed by atoms with Gasteiger partial charge in [0, 0.05) is 38.9 Å². The zero-order chi connectivity index (χ0) is 32.2.